The quantitative estimate of drug-likeness (QED) is 0.618. The van der Waals surface area contributed by atoms with Gasteiger partial charge in [0.25, 0.3) is 0 Å². The smallest absolute Gasteiger partial charge is 0.139 e. The predicted octanol–water partition coefficient (Wildman–Crippen LogP) is 3.80. The lowest BCUT2D eigenvalue weighted by Crippen LogP contribution is -2.22. The van der Waals surface area contributed by atoms with Crippen LogP contribution in [0.4, 0.5) is 4.39 Å². The monoisotopic (exact) mass is 336 g/mol. The van der Waals surface area contributed by atoms with E-state index in [0.717, 1.165) is 29.3 Å². The van der Waals surface area contributed by atoms with Crippen LogP contribution in [0.3, 0.4) is 0 Å². The minimum atomic E-state index is -1.08. The summed E-state index contributed by atoms with van der Waals surface area (Å²) in [4.78, 5) is 0. The van der Waals surface area contributed by atoms with Gasteiger partial charge in [-0.05, 0) is 30.2 Å². The third-order valence-electron chi connectivity index (χ3n) is 3.73. The summed E-state index contributed by atoms with van der Waals surface area (Å²) in [7, 11) is -1.08. The summed E-state index contributed by atoms with van der Waals surface area (Å²) in [6, 6.07) is 4.24. The Morgan fingerprint density at radius 3 is 2.70 bits per heavy atom. The molecule has 0 saturated heterocycles. The fraction of sp³-hybridized carbons (Fsp3) is 0.471. The van der Waals surface area contributed by atoms with Crippen LogP contribution in [0.2, 0.25) is 25.7 Å². The van der Waals surface area contributed by atoms with Gasteiger partial charge in [-0.25, -0.2) is 9.07 Å². The van der Waals surface area contributed by atoms with Crippen LogP contribution in [0.25, 0.3) is 11.1 Å². The molecule has 126 valence electrons. The first-order chi connectivity index (χ1) is 10.8. The number of ether oxygens (including phenoxy) is 1. The maximum Gasteiger partial charge on any atom is 0.139 e. The van der Waals surface area contributed by atoms with Crippen molar-refractivity contribution in [2.45, 2.75) is 45.9 Å². The molecular weight excluding hydrogens is 311 g/mol. The molecule has 0 aliphatic heterocycles. The second-order valence-electron chi connectivity index (χ2n) is 7.03. The first kappa shape index (κ1) is 17.8. The van der Waals surface area contributed by atoms with E-state index < -0.39 is 13.9 Å². The molecular formula is C17H25FN2O2Si. The molecule has 0 saturated carbocycles. The zero-order chi connectivity index (χ0) is 17.0. The Hall–Kier alpha value is -1.50. The number of benzene rings is 1. The van der Waals surface area contributed by atoms with Crippen LogP contribution >= 0.6 is 0 Å². The van der Waals surface area contributed by atoms with Crippen LogP contribution in [0.1, 0.15) is 11.1 Å². The molecule has 0 aliphatic rings. The minimum Gasteiger partial charge on any atom is -0.392 e. The van der Waals surface area contributed by atoms with Crippen molar-refractivity contribution in [1.29, 1.82) is 0 Å². The van der Waals surface area contributed by atoms with Gasteiger partial charge in [-0.2, -0.15) is 5.10 Å². The molecule has 1 N–H and O–H groups in total. The maximum atomic E-state index is 13.9. The molecule has 0 bridgehead atoms. The SMILES string of the molecule is Cc1cc(CO)c(F)cc1-c1cnn(COCC[Si](C)(C)C)c1. The molecule has 0 atom stereocenters. The van der Waals surface area contributed by atoms with Crippen molar-refractivity contribution in [3.63, 3.8) is 0 Å². The lowest BCUT2D eigenvalue weighted by molar-refractivity contribution is 0.0786. The van der Waals surface area contributed by atoms with Gasteiger partial charge in [-0.3, -0.25) is 0 Å². The van der Waals surface area contributed by atoms with Gasteiger partial charge in [-0.15, -0.1) is 0 Å². The van der Waals surface area contributed by atoms with Crippen molar-refractivity contribution in [3.8, 4) is 11.1 Å². The zero-order valence-electron chi connectivity index (χ0n) is 14.3. The number of aliphatic hydroxyl groups is 1. The lowest BCUT2D eigenvalue weighted by Gasteiger charge is -2.15. The van der Waals surface area contributed by atoms with E-state index in [1.807, 2.05) is 13.1 Å². The summed E-state index contributed by atoms with van der Waals surface area (Å²) in [5.41, 5.74) is 2.86. The number of halogens is 1. The largest absolute Gasteiger partial charge is 0.392 e. The van der Waals surface area contributed by atoms with Gasteiger partial charge in [0.2, 0.25) is 0 Å². The predicted molar refractivity (Wildman–Crippen MR) is 92.4 cm³/mol. The van der Waals surface area contributed by atoms with E-state index in [1.54, 1.807) is 16.9 Å². The molecule has 1 heterocycles. The molecule has 0 radical (unpaired) electrons. The number of aromatic nitrogens is 2. The minimum absolute atomic E-state index is 0.294. The first-order valence-electron chi connectivity index (χ1n) is 7.80. The van der Waals surface area contributed by atoms with Crippen LogP contribution in [0.15, 0.2) is 24.5 Å². The fourth-order valence-electron chi connectivity index (χ4n) is 2.28. The van der Waals surface area contributed by atoms with Crippen molar-refractivity contribution in [2.24, 2.45) is 0 Å². The van der Waals surface area contributed by atoms with Gasteiger partial charge < -0.3 is 9.84 Å². The highest BCUT2D eigenvalue weighted by Gasteiger charge is 2.13. The fourth-order valence-corrected chi connectivity index (χ4v) is 3.04. The highest BCUT2D eigenvalue weighted by Crippen LogP contribution is 2.26. The summed E-state index contributed by atoms with van der Waals surface area (Å²) in [6.45, 7) is 9.69. The Labute approximate surface area is 137 Å². The Morgan fingerprint density at radius 1 is 1.30 bits per heavy atom. The second kappa shape index (κ2) is 7.38. The Kier molecular flexibility index (Phi) is 5.72. The van der Waals surface area contributed by atoms with E-state index in [1.165, 1.54) is 6.07 Å². The molecule has 0 spiro atoms. The number of hydrogen-bond donors (Lipinski definition) is 1. The molecule has 0 fully saturated rings. The molecule has 2 aromatic rings. The van der Waals surface area contributed by atoms with E-state index in [-0.39, 0.29) is 6.61 Å². The first-order valence-corrected chi connectivity index (χ1v) is 11.5. The Morgan fingerprint density at radius 2 is 2.04 bits per heavy atom. The van der Waals surface area contributed by atoms with Gasteiger partial charge in [0, 0.05) is 32.0 Å². The summed E-state index contributed by atoms with van der Waals surface area (Å²) in [5.74, 6) is -0.396. The molecule has 23 heavy (non-hydrogen) atoms. The van der Waals surface area contributed by atoms with Crippen molar-refractivity contribution in [1.82, 2.24) is 9.78 Å². The number of rotatable bonds is 7. The number of nitrogens with zero attached hydrogens (tertiary/aromatic N) is 2. The van der Waals surface area contributed by atoms with Crippen molar-refractivity contribution in [3.05, 3.63) is 41.5 Å². The molecule has 4 nitrogen and oxygen atoms in total. The van der Waals surface area contributed by atoms with E-state index in [2.05, 4.69) is 24.7 Å². The molecule has 6 heteroatoms. The van der Waals surface area contributed by atoms with Gasteiger partial charge in [-0.1, -0.05) is 25.7 Å². The van der Waals surface area contributed by atoms with Gasteiger partial charge in [0.05, 0.1) is 12.8 Å². The standard InChI is InChI=1S/C17H25FN2O2Si/c1-13-7-14(11-21)17(18)8-16(13)15-9-19-20(10-15)12-22-5-6-23(2,3)4/h7-10,21H,5-6,11-12H2,1-4H3. The topological polar surface area (TPSA) is 47.3 Å². The molecule has 1 aromatic carbocycles. The molecule has 1 aromatic heterocycles. The van der Waals surface area contributed by atoms with Crippen LogP contribution < -0.4 is 0 Å². The van der Waals surface area contributed by atoms with Crippen LogP contribution in [0.5, 0.6) is 0 Å². The van der Waals surface area contributed by atoms with E-state index in [0.29, 0.717) is 12.3 Å². The summed E-state index contributed by atoms with van der Waals surface area (Å²) < 4.78 is 21.3. The normalized spacial score (nSPS) is 11.9. The molecule has 2 rings (SSSR count). The highest BCUT2D eigenvalue weighted by molar-refractivity contribution is 6.76. The van der Waals surface area contributed by atoms with Crippen LogP contribution in [0, 0.1) is 12.7 Å². The van der Waals surface area contributed by atoms with E-state index >= 15 is 0 Å². The summed E-state index contributed by atoms with van der Waals surface area (Å²) in [5, 5.41) is 13.4. The lowest BCUT2D eigenvalue weighted by atomic mass is 10.0. The third-order valence-corrected chi connectivity index (χ3v) is 5.43. The number of hydrogen-bond acceptors (Lipinski definition) is 3. The number of aryl methyl sites for hydroxylation is 1. The zero-order valence-corrected chi connectivity index (χ0v) is 15.3. The Bertz CT molecular complexity index is 665. The average molecular weight is 336 g/mol. The maximum absolute atomic E-state index is 13.9. The van der Waals surface area contributed by atoms with Gasteiger partial charge >= 0.3 is 0 Å². The summed E-state index contributed by atoms with van der Waals surface area (Å²) in [6.07, 6.45) is 3.57. The third kappa shape index (κ3) is 4.99. The molecule has 0 unspecified atom stereocenters. The van der Waals surface area contributed by atoms with Gasteiger partial charge in [0.15, 0.2) is 0 Å². The van der Waals surface area contributed by atoms with E-state index in [9.17, 15) is 4.39 Å². The van der Waals surface area contributed by atoms with Gasteiger partial charge in [0.1, 0.15) is 12.5 Å². The second-order valence-corrected chi connectivity index (χ2v) is 12.7. The van der Waals surface area contributed by atoms with E-state index in [4.69, 9.17) is 9.84 Å². The summed E-state index contributed by atoms with van der Waals surface area (Å²) >= 11 is 0. The Balaban J connectivity index is 2.03. The van der Waals surface area contributed by atoms with Crippen molar-refractivity contribution < 1.29 is 14.2 Å². The van der Waals surface area contributed by atoms with Crippen LogP contribution in [-0.4, -0.2) is 29.6 Å². The molecule has 0 aliphatic carbocycles. The average Bonchev–Trinajstić information content (AvgIpc) is 2.93. The highest BCUT2D eigenvalue weighted by atomic mass is 28.3. The number of aliphatic hydroxyl groups excluding tert-OH is 1. The van der Waals surface area contributed by atoms with Crippen molar-refractivity contribution >= 4 is 8.07 Å². The van der Waals surface area contributed by atoms with Crippen LogP contribution in [-0.2, 0) is 18.1 Å². The molecule has 0 amide bonds. The van der Waals surface area contributed by atoms with Crippen molar-refractivity contribution in [2.75, 3.05) is 6.61 Å².